The Morgan fingerprint density at radius 3 is 2.48 bits per heavy atom. The lowest BCUT2D eigenvalue weighted by atomic mass is 10.2. The second kappa shape index (κ2) is 6.62. The van der Waals surface area contributed by atoms with E-state index in [1.54, 1.807) is 5.32 Å². The Hall–Kier alpha value is -1.33. The highest BCUT2D eigenvalue weighted by molar-refractivity contribution is 9.10. The number of amides is 1. The van der Waals surface area contributed by atoms with Gasteiger partial charge >= 0.3 is 0 Å². The van der Waals surface area contributed by atoms with Crippen molar-refractivity contribution in [3.63, 3.8) is 0 Å². The summed E-state index contributed by atoms with van der Waals surface area (Å²) in [5.74, 6) is -1.10. The zero-order chi connectivity index (χ0) is 16.4. The molecule has 1 aromatic rings. The molecule has 0 atom stereocenters. The molecule has 1 amide bonds. The molecule has 1 aromatic carbocycles. The van der Waals surface area contributed by atoms with E-state index in [1.165, 1.54) is 0 Å². The number of alkyl halides is 2. The molecule has 0 aromatic heterocycles. The Morgan fingerprint density at radius 1 is 1.48 bits per heavy atom. The quantitative estimate of drug-likeness (QED) is 0.458. The number of halogens is 4. The van der Waals surface area contributed by atoms with Gasteiger partial charge in [-0.3, -0.25) is 14.9 Å². The fourth-order valence-electron chi connectivity index (χ4n) is 1.30. The van der Waals surface area contributed by atoms with Gasteiger partial charge in [-0.1, -0.05) is 0 Å². The molecule has 1 rings (SSSR count). The summed E-state index contributed by atoms with van der Waals surface area (Å²) in [5, 5.41) is 12.5. The molecule has 0 saturated carbocycles. The first-order valence-electron chi connectivity index (χ1n) is 5.03. The minimum atomic E-state index is -4.38. The zero-order valence-corrected chi connectivity index (χ0v) is 13.0. The van der Waals surface area contributed by atoms with E-state index in [9.17, 15) is 32.1 Å². The number of non-ortho nitro benzene ring substituents is 1. The monoisotopic (exact) mass is 406 g/mol. The Labute approximate surface area is 130 Å². The largest absolute Gasteiger partial charge is 0.346 e. The molecule has 0 unspecified atom stereocenters. The van der Waals surface area contributed by atoms with Gasteiger partial charge in [-0.2, -0.15) is 0 Å². The summed E-state index contributed by atoms with van der Waals surface area (Å²) >= 11 is 2.77. The van der Waals surface area contributed by atoms with Crippen molar-refractivity contribution in [3.8, 4) is 0 Å². The molecule has 0 bridgehead atoms. The highest BCUT2D eigenvalue weighted by Crippen LogP contribution is 2.32. The van der Waals surface area contributed by atoms with E-state index in [4.69, 9.17) is 10.7 Å². The number of hydrogen-bond acceptors (Lipinski definition) is 5. The van der Waals surface area contributed by atoms with E-state index in [2.05, 4.69) is 15.9 Å². The lowest BCUT2D eigenvalue weighted by Crippen LogP contribution is -2.29. The molecule has 12 heteroatoms. The number of nitrogens with zero attached hydrogens (tertiary/aromatic N) is 1. The van der Waals surface area contributed by atoms with E-state index in [0.717, 1.165) is 6.07 Å². The van der Waals surface area contributed by atoms with E-state index < -0.39 is 49.0 Å². The van der Waals surface area contributed by atoms with E-state index in [1.807, 2.05) is 0 Å². The highest BCUT2D eigenvalue weighted by atomic mass is 79.9. The van der Waals surface area contributed by atoms with E-state index in [0.29, 0.717) is 6.07 Å². The maximum Gasteiger partial charge on any atom is 0.271 e. The van der Waals surface area contributed by atoms with Gasteiger partial charge in [-0.05, 0) is 15.9 Å². The molecular weight excluding hydrogens is 402 g/mol. The summed E-state index contributed by atoms with van der Waals surface area (Å²) in [4.78, 5) is 20.8. The molecule has 0 fully saturated rings. The number of hydrogen-bond donors (Lipinski definition) is 1. The minimum Gasteiger partial charge on any atom is -0.346 e. The van der Waals surface area contributed by atoms with Crippen LogP contribution in [0.15, 0.2) is 21.5 Å². The van der Waals surface area contributed by atoms with Crippen LogP contribution in [0.2, 0.25) is 0 Å². The number of rotatable bonds is 5. The van der Waals surface area contributed by atoms with Gasteiger partial charge in [0, 0.05) is 22.8 Å². The lowest BCUT2D eigenvalue weighted by molar-refractivity contribution is -0.385. The maximum atomic E-state index is 12.0. The van der Waals surface area contributed by atoms with Crippen LogP contribution in [0.4, 0.5) is 14.5 Å². The average molecular weight is 408 g/mol. The number of carbonyl (C=O) groups excluding carboxylic acids is 1. The molecule has 0 radical (unpaired) electrons. The van der Waals surface area contributed by atoms with E-state index >= 15 is 0 Å². The van der Waals surface area contributed by atoms with Crippen LogP contribution in [-0.4, -0.2) is 32.2 Å². The van der Waals surface area contributed by atoms with Crippen molar-refractivity contribution in [2.75, 3.05) is 6.54 Å². The van der Waals surface area contributed by atoms with Gasteiger partial charge < -0.3 is 5.32 Å². The van der Waals surface area contributed by atoms with Gasteiger partial charge in [0.1, 0.15) is 4.90 Å². The van der Waals surface area contributed by atoms with Crippen LogP contribution < -0.4 is 5.32 Å². The molecule has 0 spiro atoms. The summed E-state index contributed by atoms with van der Waals surface area (Å²) in [7, 11) is 0.729. The van der Waals surface area contributed by atoms with E-state index in [-0.39, 0.29) is 4.47 Å². The lowest BCUT2D eigenvalue weighted by Gasteiger charge is -2.09. The van der Waals surface area contributed by atoms with Crippen LogP contribution in [-0.2, 0) is 9.05 Å². The van der Waals surface area contributed by atoms with Crippen molar-refractivity contribution in [2.24, 2.45) is 0 Å². The molecular formula is C9H6BrClF2N2O5S. The molecule has 7 nitrogen and oxygen atoms in total. The second-order valence-electron chi connectivity index (χ2n) is 3.60. The van der Waals surface area contributed by atoms with Gasteiger partial charge in [0.2, 0.25) is 0 Å². The third kappa shape index (κ3) is 4.58. The smallest absolute Gasteiger partial charge is 0.271 e. The number of nitro groups is 1. The van der Waals surface area contributed by atoms with Gasteiger partial charge in [0.15, 0.2) is 0 Å². The maximum absolute atomic E-state index is 12.0. The molecule has 0 aliphatic carbocycles. The normalized spacial score (nSPS) is 11.5. The first-order chi connectivity index (χ1) is 9.54. The Bertz CT molecular complexity index is 698. The van der Waals surface area contributed by atoms with Crippen molar-refractivity contribution in [2.45, 2.75) is 11.3 Å². The number of nitro benzene ring substituents is 1. The SMILES string of the molecule is O=C(NCC(F)F)c1cc([N+](=O)[O-])cc(S(=O)(=O)Cl)c1Br. The standard InChI is InChI=1S/C9H6BrClF2N2O5S/c10-8-5(9(16)14-3-7(12)13)1-4(15(17)18)2-6(8)21(11,19)20/h1-2,7H,3H2,(H,14,16). The van der Waals surface area contributed by atoms with Crippen LogP contribution in [0.25, 0.3) is 0 Å². The zero-order valence-electron chi connectivity index (χ0n) is 9.85. The first kappa shape index (κ1) is 17.7. The predicted octanol–water partition coefficient (Wildman–Crippen LogP) is 2.28. The Morgan fingerprint density at radius 2 is 2.05 bits per heavy atom. The number of carbonyl (C=O) groups is 1. The predicted molar refractivity (Wildman–Crippen MR) is 72.2 cm³/mol. The van der Waals surface area contributed by atoms with Crippen LogP contribution in [0, 0.1) is 10.1 Å². The molecule has 116 valence electrons. The van der Waals surface area contributed by atoms with Gasteiger partial charge in [0.05, 0.1) is 21.5 Å². The Kier molecular flexibility index (Phi) is 5.59. The molecule has 0 aliphatic rings. The van der Waals surface area contributed by atoms with Crippen molar-refractivity contribution in [1.29, 1.82) is 0 Å². The second-order valence-corrected chi connectivity index (χ2v) is 6.93. The van der Waals surface area contributed by atoms with Crippen molar-refractivity contribution in [1.82, 2.24) is 5.32 Å². The fourth-order valence-corrected chi connectivity index (χ4v) is 3.57. The van der Waals surface area contributed by atoms with Crippen molar-refractivity contribution >= 4 is 47.3 Å². The first-order valence-corrected chi connectivity index (χ1v) is 8.13. The molecule has 0 heterocycles. The van der Waals surface area contributed by atoms with Crippen molar-refractivity contribution < 1.29 is 26.9 Å². The molecule has 0 saturated heterocycles. The van der Waals surface area contributed by atoms with Crippen LogP contribution in [0.3, 0.4) is 0 Å². The minimum absolute atomic E-state index is 0.352. The number of benzene rings is 1. The summed E-state index contributed by atoms with van der Waals surface area (Å²) in [6, 6.07) is 1.40. The summed E-state index contributed by atoms with van der Waals surface area (Å²) in [6.45, 7) is -0.989. The molecule has 21 heavy (non-hydrogen) atoms. The van der Waals surface area contributed by atoms with Crippen LogP contribution >= 0.6 is 26.6 Å². The van der Waals surface area contributed by atoms with Gasteiger partial charge in [-0.25, -0.2) is 17.2 Å². The fraction of sp³-hybridized carbons (Fsp3) is 0.222. The highest BCUT2D eigenvalue weighted by Gasteiger charge is 2.26. The average Bonchev–Trinajstić information content (AvgIpc) is 2.34. The Balaban J connectivity index is 3.41. The molecule has 1 N–H and O–H groups in total. The van der Waals surface area contributed by atoms with Crippen molar-refractivity contribution in [3.05, 3.63) is 32.3 Å². The summed E-state index contributed by atoms with van der Waals surface area (Å²) in [6.07, 6.45) is -2.83. The number of nitrogens with one attached hydrogen (secondary N) is 1. The summed E-state index contributed by atoms with van der Waals surface area (Å²) in [5.41, 5.74) is -1.22. The van der Waals surface area contributed by atoms with Gasteiger partial charge in [0.25, 0.3) is 27.1 Å². The third-order valence-corrected chi connectivity index (χ3v) is 4.62. The topological polar surface area (TPSA) is 106 Å². The van der Waals surface area contributed by atoms with Crippen LogP contribution in [0.1, 0.15) is 10.4 Å². The van der Waals surface area contributed by atoms with Gasteiger partial charge in [-0.15, -0.1) is 0 Å². The third-order valence-electron chi connectivity index (χ3n) is 2.16. The summed E-state index contributed by atoms with van der Waals surface area (Å²) < 4.78 is 46.4. The van der Waals surface area contributed by atoms with Crippen LogP contribution in [0.5, 0.6) is 0 Å². The molecule has 0 aliphatic heterocycles.